The first-order chi connectivity index (χ1) is 9.95. The molecule has 1 aliphatic heterocycles. The number of imidazole rings is 1. The van der Waals surface area contributed by atoms with Gasteiger partial charge in [0.15, 0.2) is 9.84 Å². The molecular formula is C13H19N5O2S. The normalized spacial score (nSPS) is 20.2. The molecular weight excluding hydrogens is 290 g/mol. The van der Waals surface area contributed by atoms with Crippen LogP contribution in [0.25, 0.3) is 0 Å². The summed E-state index contributed by atoms with van der Waals surface area (Å²) < 4.78 is 25.5. The molecule has 1 saturated heterocycles. The van der Waals surface area contributed by atoms with Crippen molar-refractivity contribution in [3.63, 3.8) is 0 Å². The first kappa shape index (κ1) is 14.3. The van der Waals surface area contributed by atoms with Crippen LogP contribution in [0, 0.1) is 0 Å². The average molecular weight is 309 g/mol. The summed E-state index contributed by atoms with van der Waals surface area (Å²) in [5.74, 6) is 0.186. The van der Waals surface area contributed by atoms with Crippen molar-refractivity contribution in [2.24, 2.45) is 7.05 Å². The fraction of sp³-hybridized carbons (Fsp3) is 0.538. The predicted octanol–water partition coefficient (Wildman–Crippen LogP) is 0.536. The van der Waals surface area contributed by atoms with Crippen molar-refractivity contribution in [2.75, 3.05) is 19.3 Å². The maximum atomic E-state index is 11.8. The van der Waals surface area contributed by atoms with Gasteiger partial charge in [-0.2, -0.15) is 5.10 Å². The fourth-order valence-electron chi connectivity index (χ4n) is 2.85. The van der Waals surface area contributed by atoms with Crippen LogP contribution in [0.3, 0.4) is 0 Å². The van der Waals surface area contributed by atoms with Crippen LogP contribution in [0.5, 0.6) is 0 Å². The maximum absolute atomic E-state index is 11.8. The van der Waals surface area contributed by atoms with E-state index in [1.165, 1.54) is 12.5 Å². The van der Waals surface area contributed by atoms with Crippen LogP contribution in [0.4, 0.5) is 0 Å². The number of H-pyrrole nitrogens is 1. The van der Waals surface area contributed by atoms with E-state index >= 15 is 0 Å². The van der Waals surface area contributed by atoms with Crippen molar-refractivity contribution in [1.29, 1.82) is 0 Å². The van der Waals surface area contributed by atoms with Gasteiger partial charge in [-0.15, -0.1) is 0 Å². The maximum Gasteiger partial charge on any atom is 0.178 e. The average Bonchev–Trinajstić information content (AvgIpc) is 3.10. The summed E-state index contributed by atoms with van der Waals surface area (Å²) in [6.45, 7) is 2.60. The molecule has 3 rings (SSSR count). The second kappa shape index (κ2) is 5.27. The fourth-order valence-corrected chi connectivity index (χ4v) is 3.71. The quantitative estimate of drug-likeness (QED) is 0.891. The molecule has 114 valence electrons. The number of rotatable bonds is 4. The Balaban J connectivity index is 1.73. The molecule has 0 unspecified atom stereocenters. The highest BCUT2D eigenvalue weighted by molar-refractivity contribution is 7.90. The summed E-state index contributed by atoms with van der Waals surface area (Å²) >= 11 is 0. The van der Waals surface area contributed by atoms with Crippen LogP contribution in [-0.2, 0) is 23.4 Å². The lowest BCUT2D eigenvalue weighted by Gasteiger charge is -2.16. The third-order valence-electron chi connectivity index (χ3n) is 4.01. The van der Waals surface area contributed by atoms with Crippen molar-refractivity contribution in [3.05, 3.63) is 30.1 Å². The lowest BCUT2D eigenvalue weighted by Crippen LogP contribution is -2.21. The van der Waals surface area contributed by atoms with Gasteiger partial charge in [-0.25, -0.2) is 13.4 Å². The van der Waals surface area contributed by atoms with Crippen LogP contribution in [0.1, 0.15) is 23.7 Å². The molecule has 0 saturated carbocycles. The Morgan fingerprint density at radius 3 is 2.90 bits per heavy atom. The van der Waals surface area contributed by atoms with E-state index in [4.69, 9.17) is 0 Å². The van der Waals surface area contributed by atoms with E-state index in [-0.39, 0.29) is 5.92 Å². The van der Waals surface area contributed by atoms with E-state index in [0.717, 1.165) is 37.4 Å². The van der Waals surface area contributed by atoms with Gasteiger partial charge in [-0.05, 0) is 13.0 Å². The Labute approximate surface area is 123 Å². The van der Waals surface area contributed by atoms with E-state index in [0.29, 0.717) is 4.90 Å². The number of hydrogen-bond donors (Lipinski definition) is 1. The molecule has 1 atom stereocenters. The minimum absolute atomic E-state index is 0.186. The molecule has 1 N–H and O–H groups in total. The minimum Gasteiger partial charge on any atom is -0.337 e. The Morgan fingerprint density at radius 1 is 1.43 bits per heavy atom. The molecule has 1 aliphatic rings. The Kier molecular flexibility index (Phi) is 3.58. The third-order valence-corrected chi connectivity index (χ3v) is 5.14. The van der Waals surface area contributed by atoms with Crippen LogP contribution in [0.15, 0.2) is 23.6 Å². The summed E-state index contributed by atoms with van der Waals surface area (Å²) in [4.78, 5) is 6.76. The number of aromatic amines is 1. The molecule has 21 heavy (non-hydrogen) atoms. The molecule has 0 aliphatic carbocycles. The van der Waals surface area contributed by atoms with Gasteiger partial charge in [-0.1, -0.05) is 0 Å². The largest absolute Gasteiger partial charge is 0.337 e. The van der Waals surface area contributed by atoms with Crippen molar-refractivity contribution in [2.45, 2.75) is 23.8 Å². The van der Waals surface area contributed by atoms with Crippen LogP contribution in [0.2, 0.25) is 0 Å². The molecule has 2 aromatic rings. The monoisotopic (exact) mass is 309 g/mol. The molecule has 8 heteroatoms. The standard InChI is InChI=1S/C13H19N5O2S/c1-17-9-14-5-11(17)8-18-4-3-10(7-18)13-12(6-15-16-13)21(2,19)20/h5-6,9-10H,3-4,7-8H2,1-2H3,(H,15,16)/t10-/m1/s1. The second-order valence-electron chi connectivity index (χ2n) is 5.64. The zero-order chi connectivity index (χ0) is 15.0. The highest BCUT2D eigenvalue weighted by Crippen LogP contribution is 2.30. The molecule has 7 nitrogen and oxygen atoms in total. The van der Waals surface area contributed by atoms with Gasteiger partial charge >= 0.3 is 0 Å². The van der Waals surface area contributed by atoms with Crippen LogP contribution in [-0.4, -0.2) is 52.4 Å². The number of aryl methyl sites for hydroxylation is 1. The summed E-state index contributed by atoms with van der Waals surface area (Å²) in [7, 11) is -1.25. The van der Waals surface area contributed by atoms with Crippen LogP contribution < -0.4 is 0 Å². The SMILES string of the molecule is Cn1cncc1CN1CC[C@@H](c2[nH]ncc2S(C)(=O)=O)C1. The van der Waals surface area contributed by atoms with Crippen LogP contribution >= 0.6 is 0 Å². The molecule has 0 spiro atoms. The number of nitrogens with one attached hydrogen (secondary N) is 1. The zero-order valence-electron chi connectivity index (χ0n) is 12.2. The molecule has 0 radical (unpaired) electrons. The predicted molar refractivity (Wildman–Crippen MR) is 77.5 cm³/mol. The smallest absolute Gasteiger partial charge is 0.178 e. The Hall–Kier alpha value is -1.67. The summed E-state index contributed by atoms with van der Waals surface area (Å²) in [6.07, 6.45) is 7.23. The van der Waals surface area contributed by atoms with E-state index in [9.17, 15) is 8.42 Å². The number of hydrogen-bond acceptors (Lipinski definition) is 5. The first-order valence-corrected chi connectivity index (χ1v) is 8.75. The number of aromatic nitrogens is 4. The van der Waals surface area contributed by atoms with E-state index in [1.54, 1.807) is 6.33 Å². The van der Waals surface area contributed by atoms with Crippen molar-refractivity contribution >= 4 is 9.84 Å². The Morgan fingerprint density at radius 2 is 2.24 bits per heavy atom. The molecule has 3 heterocycles. The van der Waals surface area contributed by atoms with Gasteiger partial charge in [0, 0.05) is 38.5 Å². The van der Waals surface area contributed by atoms with Crippen molar-refractivity contribution in [1.82, 2.24) is 24.6 Å². The number of likely N-dealkylation sites (tertiary alicyclic amines) is 1. The summed E-state index contributed by atoms with van der Waals surface area (Å²) in [5.41, 5.74) is 1.90. The van der Waals surface area contributed by atoms with Crippen molar-refractivity contribution in [3.8, 4) is 0 Å². The summed E-state index contributed by atoms with van der Waals surface area (Å²) in [5, 5.41) is 6.78. The first-order valence-electron chi connectivity index (χ1n) is 6.86. The second-order valence-corrected chi connectivity index (χ2v) is 7.62. The highest BCUT2D eigenvalue weighted by atomic mass is 32.2. The van der Waals surface area contributed by atoms with E-state index in [2.05, 4.69) is 20.1 Å². The molecule has 1 fully saturated rings. The topological polar surface area (TPSA) is 83.9 Å². The third kappa shape index (κ3) is 2.86. The molecule has 0 aromatic carbocycles. The number of nitrogens with zero attached hydrogens (tertiary/aromatic N) is 4. The lowest BCUT2D eigenvalue weighted by molar-refractivity contribution is 0.318. The molecule has 0 amide bonds. The Bertz CT molecular complexity index is 733. The van der Waals surface area contributed by atoms with Gasteiger partial charge in [-0.3, -0.25) is 10.00 Å². The van der Waals surface area contributed by atoms with Gasteiger partial charge in [0.1, 0.15) is 4.90 Å². The van der Waals surface area contributed by atoms with Gasteiger partial charge in [0.2, 0.25) is 0 Å². The number of sulfone groups is 1. The zero-order valence-corrected chi connectivity index (χ0v) is 13.0. The van der Waals surface area contributed by atoms with Crippen molar-refractivity contribution < 1.29 is 8.42 Å². The van der Waals surface area contributed by atoms with E-state index in [1.807, 2.05) is 17.8 Å². The van der Waals surface area contributed by atoms with E-state index < -0.39 is 9.84 Å². The highest BCUT2D eigenvalue weighted by Gasteiger charge is 2.29. The van der Waals surface area contributed by atoms with Gasteiger partial charge < -0.3 is 4.57 Å². The van der Waals surface area contributed by atoms with Gasteiger partial charge in [0.05, 0.1) is 23.9 Å². The summed E-state index contributed by atoms with van der Waals surface area (Å²) in [6, 6.07) is 0. The van der Waals surface area contributed by atoms with Gasteiger partial charge in [0.25, 0.3) is 0 Å². The molecule has 2 aromatic heterocycles. The molecule has 0 bridgehead atoms. The minimum atomic E-state index is -3.23. The lowest BCUT2D eigenvalue weighted by atomic mass is 10.1.